The maximum atomic E-state index is 13.8. The quantitative estimate of drug-likeness (QED) is 0.141. The highest BCUT2D eigenvalue weighted by Gasteiger charge is 2.49. The van der Waals surface area contributed by atoms with Crippen molar-refractivity contribution in [2.45, 2.75) is 37.4 Å². The highest BCUT2D eigenvalue weighted by Crippen LogP contribution is 2.51. The first-order valence-electron chi connectivity index (χ1n) is 16.3. The third-order valence-corrected chi connectivity index (χ3v) is 9.54. The number of benzene rings is 5. The minimum atomic E-state index is -4.53. The molecule has 252 valence electrons. The van der Waals surface area contributed by atoms with Gasteiger partial charge in [0.2, 0.25) is 5.91 Å². The van der Waals surface area contributed by atoms with Gasteiger partial charge in [0.05, 0.1) is 17.5 Å². The SMILES string of the molecule is O=C(Nc1cccc2c1ncn2CCCCC1(C(=O)NCC(F)(F)F)c2ccccc2-c2ccccc21)c1ccccc1-c1cccc(Cl)c1. The molecule has 0 saturated carbocycles. The Kier molecular flexibility index (Phi) is 8.92. The molecule has 6 aromatic rings. The van der Waals surface area contributed by atoms with Crippen LogP contribution in [-0.4, -0.2) is 34.1 Å². The molecule has 1 aromatic heterocycles. The third kappa shape index (κ3) is 6.25. The second-order valence-electron chi connectivity index (χ2n) is 12.4. The first-order valence-corrected chi connectivity index (χ1v) is 16.7. The van der Waals surface area contributed by atoms with Crippen LogP contribution >= 0.6 is 11.6 Å². The summed E-state index contributed by atoms with van der Waals surface area (Å²) in [5.41, 5.74) is 5.97. The summed E-state index contributed by atoms with van der Waals surface area (Å²) in [4.78, 5) is 32.0. The fraction of sp³-hybridized carbons (Fsp3) is 0.175. The molecule has 1 aliphatic carbocycles. The van der Waals surface area contributed by atoms with Crippen LogP contribution in [0.3, 0.4) is 0 Å². The molecule has 1 heterocycles. The predicted molar refractivity (Wildman–Crippen MR) is 190 cm³/mol. The van der Waals surface area contributed by atoms with Gasteiger partial charge in [-0.2, -0.15) is 13.2 Å². The zero-order chi connectivity index (χ0) is 34.9. The van der Waals surface area contributed by atoms with Crippen molar-refractivity contribution in [2.24, 2.45) is 0 Å². The van der Waals surface area contributed by atoms with E-state index in [-0.39, 0.29) is 5.91 Å². The van der Waals surface area contributed by atoms with Crippen LogP contribution in [0.5, 0.6) is 0 Å². The number of halogens is 4. The number of alkyl halides is 3. The summed E-state index contributed by atoms with van der Waals surface area (Å²) < 4.78 is 41.7. The first kappa shape index (κ1) is 33.1. The Bertz CT molecular complexity index is 2180. The maximum Gasteiger partial charge on any atom is 0.405 e. The number of hydrogen-bond donors (Lipinski definition) is 2. The lowest BCUT2D eigenvalue weighted by Crippen LogP contribution is -2.47. The van der Waals surface area contributed by atoms with E-state index >= 15 is 0 Å². The molecule has 0 spiro atoms. The number of aromatic nitrogens is 2. The standard InChI is InChI=1S/C40H32ClF3N4O2/c41-27-12-9-11-26(23-27)28-13-1-2-16-31(28)37(49)47-34-19-10-20-35-36(34)46-25-48(35)22-8-7-21-39(38(50)45-24-40(42,43)44)32-17-5-3-14-29(32)30-15-4-6-18-33(30)39/h1-6,9-20,23,25H,7-8,21-22,24H2,(H,45,50)(H,47,49). The van der Waals surface area contributed by atoms with Crippen molar-refractivity contribution in [1.82, 2.24) is 14.9 Å². The zero-order valence-electron chi connectivity index (χ0n) is 26.8. The molecule has 0 saturated heterocycles. The van der Waals surface area contributed by atoms with Crippen molar-refractivity contribution >= 4 is 40.1 Å². The summed E-state index contributed by atoms with van der Waals surface area (Å²) in [6, 6.07) is 35.1. The van der Waals surface area contributed by atoms with Crippen molar-refractivity contribution in [2.75, 3.05) is 11.9 Å². The topological polar surface area (TPSA) is 76.0 Å². The van der Waals surface area contributed by atoms with Crippen molar-refractivity contribution in [3.05, 3.63) is 143 Å². The van der Waals surface area contributed by atoms with E-state index in [1.54, 1.807) is 24.5 Å². The van der Waals surface area contributed by atoms with Gasteiger partial charge in [0.15, 0.2) is 0 Å². The molecule has 10 heteroatoms. The van der Waals surface area contributed by atoms with Crippen LogP contribution in [0.4, 0.5) is 18.9 Å². The minimum Gasteiger partial charge on any atom is -0.346 e. The van der Waals surface area contributed by atoms with Crippen LogP contribution < -0.4 is 10.6 Å². The largest absolute Gasteiger partial charge is 0.405 e. The van der Waals surface area contributed by atoms with Gasteiger partial charge in [-0.25, -0.2) is 4.98 Å². The van der Waals surface area contributed by atoms with Gasteiger partial charge in [-0.1, -0.05) is 96.5 Å². The van der Waals surface area contributed by atoms with E-state index in [1.165, 1.54) is 0 Å². The van der Waals surface area contributed by atoms with Gasteiger partial charge in [0, 0.05) is 17.1 Å². The number of hydrogen-bond acceptors (Lipinski definition) is 3. The van der Waals surface area contributed by atoms with Gasteiger partial charge in [0.25, 0.3) is 5.91 Å². The molecule has 1 aliphatic rings. The van der Waals surface area contributed by atoms with E-state index in [0.717, 1.165) is 27.8 Å². The smallest absolute Gasteiger partial charge is 0.346 e. The molecule has 6 nitrogen and oxygen atoms in total. The Labute approximate surface area is 291 Å². The van der Waals surface area contributed by atoms with Crippen molar-refractivity contribution in [1.29, 1.82) is 0 Å². The summed E-state index contributed by atoms with van der Waals surface area (Å²) in [6.07, 6.45) is -1.31. The second-order valence-corrected chi connectivity index (χ2v) is 12.8. The average molecular weight is 693 g/mol. The van der Waals surface area contributed by atoms with Crippen molar-refractivity contribution < 1.29 is 22.8 Å². The van der Waals surface area contributed by atoms with Gasteiger partial charge in [-0.15, -0.1) is 0 Å². The lowest BCUT2D eigenvalue weighted by atomic mass is 9.73. The van der Waals surface area contributed by atoms with Gasteiger partial charge < -0.3 is 15.2 Å². The van der Waals surface area contributed by atoms with Crippen LogP contribution in [0, 0.1) is 0 Å². The third-order valence-electron chi connectivity index (χ3n) is 9.31. The number of anilines is 1. The number of amides is 2. The average Bonchev–Trinajstić information content (AvgIpc) is 3.67. The lowest BCUT2D eigenvalue weighted by molar-refractivity contribution is -0.141. The molecule has 0 bridgehead atoms. The Morgan fingerprint density at radius 3 is 2.14 bits per heavy atom. The number of rotatable bonds is 10. The Hall–Kier alpha value is -5.41. The second kappa shape index (κ2) is 13.5. The highest BCUT2D eigenvalue weighted by molar-refractivity contribution is 6.31. The van der Waals surface area contributed by atoms with Crippen LogP contribution in [-0.2, 0) is 16.8 Å². The minimum absolute atomic E-state index is 0.283. The number of fused-ring (bicyclic) bond motifs is 4. The van der Waals surface area contributed by atoms with E-state index in [2.05, 4.69) is 15.6 Å². The van der Waals surface area contributed by atoms with E-state index in [9.17, 15) is 22.8 Å². The zero-order valence-corrected chi connectivity index (χ0v) is 27.6. The first-order chi connectivity index (χ1) is 24.2. The molecule has 0 unspecified atom stereocenters. The predicted octanol–water partition coefficient (Wildman–Crippen LogP) is 9.42. The normalized spacial score (nSPS) is 13.1. The summed E-state index contributed by atoms with van der Waals surface area (Å²) in [6.45, 7) is -0.848. The summed E-state index contributed by atoms with van der Waals surface area (Å²) >= 11 is 6.22. The Morgan fingerprint density at radius 1 is 0.780 bits per heavy atom. The summed E-state index contributed by atoms with van der Waals surface area (Å²) in [7, 11) is 0. The number of para-hydroxylation sites is 1. The number of unbranched alkanes of at least 4 members (excludes halogenated alkanes) is 1. The molecule has 2 N–H and O–H groups in total. The van der Waals surface area contributed by atoms with Gasteiger partial charge in [0.1, 0.15) is 17.5 Å². The molecule has 50 heavy (non-hydrogen) atoms. The highest BCUT2D eigenvalue weighted by atomic mass is 35.5. The molecular weight excluding hydrogens is 661 g/mol. The molecule has 0 radical (unpaired) electrons. The van der Waals surface area contributed by atoms with Crippen LogP contribution in [0.15, 0.2) is 122 Å². The molecule has 0 fully saturated rings. The van der Waals surface area contributed by atoms with Gasteiger partial charge >= 0.3 is 6.18 Å². The molecule has 5 aromatic carbocycles. The molecular formula is C40H32ClF3N4O2. The summed E-state index contributed by atoms with van der Waals surface area (Å²) in [5, 5.41) is 5.80. The molecule has 0 atom stereocenters. The fourth-order valence-corrected chi connectivity index (χ4v) is 7.29. The van der Waals surface area contributed by atoms with E-state index in [4.69, 9.17) is 11.6 Å². The van der Waals surface area contributed by atoms with Gasteiger partial charge in [-0.05, 0) is 83.0 Å². The maximum absolute atomic E-state index is 13.8. The van der Waals surface area contributed by atoms with Crippen molar-refractivity contribution in [3.63, 3.8) is 0 Å². The summed E-state index contributed by atoms with van der Waals surface area (Å²) in [5.74, 6) is -0.938. The fourth-order valence-electron chi connectivity index (χ4n) is 7.10. The number of imidazole rings is 1. The number of aryl methyl sites for hydroxylation is 1. The Morgan fingerprint density at radius 2 is 1.44 bits per heavy atom. The number of nitrogens with one attached hydrogen (secondary N) is 2. The van der Waals surface area contributed by atoms with Crippen molar-refractivity contribution in [3.8, 4) is 22.3 Å². The number of nitrogens with zero attached hydrogens (tertiary/aromatic N) is 2. The lowest BCUT2D eigenvalue weighted by Gasteiger charge is -2.31. The number of carbonyl (C=O) groups excluding carboxylic acids is 2. The molecule has 0 aliphatic heterocycles. The van der Waals surface area contributed by atoms with Gasteiger partial charge in [-0.3, -0.25) is 9.59 Å². The van der Waals surface area contributed by atoms with E-state index in [0.29, 0.717) is 58.7 Å². The molecule has 7 rings (SSSR count). The number of carbonyl (C=O) groups is 2. The van der Waals surface area contributed by atoms with E-state index in [1.807, 2.05) is 102 Å². The Balaban J connectivity index is 1.10. The van der Waals surface area contributed by atoms with E-state index < -0.39 is 24.0 Å². The monoisotopic (exact) mass is 692 g/mol. The molecule has 2 amide bonds. The van der Waals surface area contributed by atoms with Crippen LogP contribution in [0.25, 0.3) is 33.3 Å². The van der Waals surface area contributed by atoms with Crippen LogP contribution in [0.1, 0.15) is 40.7 Å². The van der Waals surface area contributed by atoms with Crippen LogP contribution in [0.2, 0.25) is 5.02 Å².